The average Bonchev–Trinajstić information content (AvgIpc) is 3.09. The molecule has 2 aromatic carbocycles. The first-order valence-corrected chi connectivity index (χ1v) is 12.3. The van der Waals surface area contributed by atoms with Gasteiger partial charge < -0.3 is 9.80 Å². The minimum absolute atomic E-state index is 0.101. The highest BCUT2D eigenvalue weighted by Gasteiger charge is 2.24. The summed E-state index contributed by atoms with van der Waals surface area (Å²) in [6.07, 6.45) is 1.19. The Hall–Kier alpha value is -1.87. The molecule has 1 amide bonds. The van der Waals surface area contributed by atoms with Gasteiger partial charge in [-0.1, -0.05) is 34.5 Å². The van der Waals surface area contributed by atoms with Crippen LogP contribution >= 0.6 is 34.5 Å². The number of fused-ring (bicyclic) bond motifs is 1. The van der Waals surface area contributed by atoms with Crippen LogP contribution in [0.25, 0.3) is 10.2 Å². The summed E-state index contributed by atoms with van der Waals surface area (Å²) in [6.45, 7) is 2.37. The number of rotatable bonds is 3. The van der Waals surface area contributed by atoms with Crippen molar-refractivity contribution < 1.29 is 13.2 Å². The fraction of sp³-hybridized carbons (Fsp3) is 0.263. The number of amides is 1. The zero-order chi connectivity index (χ0) is 20.8. The van der Waals surface area contributed by atoms with Crippen LogP contribution in [0.4, 0.5) is 5.13 Å². The minimum Gasteiger partial charge on any atom is -0.345 e. The molecule has 0 radical (unpaired) electrons. The van der Waals surface area contributed by atoms with Gasteiger partial charge in [0, 0.05) is 48.0 Å². The molecule has 0 unspecified atom stereocenters. The number of carbonyl (C=O) groups is 1. The first kappa shape index (κ1) is 20.4. The van der Waals surface area contributed by atoms with Gasteiger partial charge in [-0.15, -0.1) is 0 Å². The molecule has 1 fully saturated rings. The van der Waals surface area contributed by atoms with Gasteiger partial charge in [0.05, 0.1) is 15.1 Å². The zero-order valence-electron chi connectivity index (χ0n) is 15.4. The van der Waals surface area contributed by atoms with Crippen LogP contribution in [0.2, 0.25) is 10.0 Å². The molecule has 10 heteroatoms. The normalized spacial score (nSPS) is 15.1. The van der Waals surface area contributed by atoms with E-state index in [1.165, 1.54) is 17.6 Å². The maximum atomic E-state index is 12.7. The molecule has 1 aliphatic rings. The number of nitrogens with zero attached hydrogens (tertiary/aromatic N) is 3. The van der Waals surface area contributed by atoms with Crippen LogP contribution in [0.15, 0.2) is 41.3 Å². The van der Waals surface area contributed by atoms with Crippen molar-refractivity contribution in [2.24, 2.45) is 0 Å². The summed E-state index contributed by atoms with van der Waals surface area (Å²) in [5, 5.41) is 1.69. The maximum absolute atomic E-state index is 12.7. The summed E-state index contributed by atoms with van der Waals surface area (Å²) in [6, 6.07) is 9.81. The van der Waals surface area contributed by atoms with E-state index in [0.29, 0.717) is 41.8 Å². The van der Waals surface area contributed by atoms with Gasteiger partial charge in [0.2, 0.25) is 0 Å². The second kappa shape index (κ2) is 7.75. The highest BCUT2D eigenvalue weighted by Crippen LogP contribution is 2.31. The van der Waals surface area contributed by atoms with E-state index in [4.69, 9.17) is 23.2 Å². The lowest BCUT2D eigenvalue weighted by Gasteiger charge is -2.34. The van der Waals surface area contributed by atoms with Gasteiger partial charge in [0.25, 0.3) is 5.91 Å². The Kier molecular flexibility index (Phi) is 5.46. The Balaban J connectivity index is 1.48. The van der Waals surface area contributed by atoms with Gasteiger partial charge in [-0.25, -0.2) is 13.4 Å². The molecular formula is C19H17Cl2N3O3S2. The lowest BCUT2D eigenvalue weighted by Crippen LogP contribution is -2.48. The number of hydrogen-bond donors (Lipinski definition) is 0. The highest BCUT2D eigenvalue weighted by atomic mass is 35.5. The van der Waals surface area contributed by atoms with Crippen molar-refractivity contribution in [1.29, 1.82) is 0 Å². The van der Waals surface area contributed by atoms with Gasteiger partial charge in [-0.2, -0.15) is 0 Å². The lowest BCUT2D eigenvalue weighted by molar-refractivity contribution is 0.0746. The Morgan fingerprint density at radius 3 is 2.31 bits per heavy atom. The molecule has 0 atom stereocenters. The summed E-state index contributed by atoms with van der Waals surface area (Å²) in [5.74, 6) is -0.101. The van der Waals surface area contributed by atoms with Crippen LogP contribution in [0.3, 0.4) is 0 Å². The molecule has 2 heterocycles. The van der Waals surface area contributed by atoms with Gasteiger partial charge in [-0.05, 0) is 36.4 Å². The number of halogens is 2. The molecule has 6 nitrogen and oxygen atoms in total. The highest BCUT2D eigenvalue weighted by molar-refractivity contribution is 7.90. The molecule has 0 bridgehead atoms. The van der Waals surface area contributed by atoms with Crippen LogP contribution in [-0.2, 0) is 9.84 Å². The average molecular weight is 470 g/mol. The molecule has 4 rings (SSSR count). The van der Waals surface area contributed by atoms with E-state index < -0.39 is 9.84 Å². The van der Waals surface area contributed by atoms with Gasteiger partial charge in [0.1, 0.15) is 0 Å². The number of hydrogen-bond acceptors (Lipinski definition) is 6. The van der Waals surface area contributed by atoms with E-state index in [0.717, 1.165) is 15.3 Å². The van der Waals surface area contributed by atoms with Crippen LogP contribution in [0, 0.1) is 0 Å². The van der Waals surface area contributed by atoms with Gasteiger partial charge >= 0.3 is 0 Å². The summed E-state index contributed by atoms with van der Waals surface area (Å²) >= 11 is 13.5. The molecule has 0 N–H and O–H groups in total. The number of benzene rings is 2. The number of piperazine rings is 1. The van der Waals surface area contributed by atoms with Crippen molar-refractivity contribution in [3.05, 3.63) is 52.0 Å². The molecule has 0 aliphatic carbocycles. The van der Waals surface area contributed by atoms with Crippen LogP contribution in [-0.4, -0.2) is 56.6 Å². The molecule has 1 saturated heterocycles. The largest absolute Gasteiger partial charge is 0.345 e. The van der Waals surface area contributed by atoms with Gasteiger partial charge in [-0.3, -0.25) is 4.79 Å². The quantitative estimate of drug-likeness (QED) is 0.580. The number of anilines is 1. The molecule has 1 aliphatic heterocycles. The number of carbonyl (C=O) groups excluding carboxylic acids is 1. The minimum atomic E-state index is -3.26. The predicted octanol–water partition coefficient (Wildman–Crippen LogP) is 3.97. The number of sulfone groups is 1. The van der Waals surface area contributed by atoms with E-state index >= 15 is 0 Å². The first-order valence-electron chi connectivity index (χ1n) is 8.82. The second-order valence-electron chi connectivity index (χ2n) is 6.84. The van der Waals surface area contributed by atoms with Crippen molar-refractivity contribution in [3.63, 3.8) is 0 Å². The van der Waals surface area contributed by atoms with Crippen molar-refractivity contribution in [3.8, 4) is 0 Å². The fourth-order valence-corrected chi connectivity index (χ4v) is 5.52. The smallest absolute Gasteiger partial charge is 0.254 e. The fourth-order valence-electron chi connectivity index (χ4n) is 3.22. The Morgan fingerprint density at radius 2 is 1.69 bits per heavy atom. The predicted molar refractivity (Wildman–Crippen MR) is 117 cm³/mol. The first-order chi connectivity index (χ1) is 13.7. The van der Waals surface area contributed by atoms with E-state index in [-0.39, 0.29) is 10.8 Å². The van der Waals surface area contributed by atoms with Crippen LogP contribution in [0.1, 0.15) is 10.4 Å². The van der Waals surface area contributed by atoms with Crippen LogP contribution in [0.5, 0.6) is 0 Å². The van der Waals surface area contributed by atoms with Gasteiger partial charge in [0.15, 0.2) is 15.0 Å². The van der Waals surface area contributed by atoms with E-state index in [2.05, 4.69) is 9.88 Å². The van der Waals surface area contributed by atoms with E-state index in [1.54, 1.807) is 41.3 Å². The Morgan fingerprint density at radius 1 is 1.03 bits per heavy atom. The summed E-state index contributed by atoms with van der Waals surface area (Å²) < 4.78 is 24.4. The standard InChI is InChI=1S/C19H17Cl2N3O3S2/c1-29(26,27)15-2-3-16-17(11-15)28-19(22-16)24-6-4-23(5-7-24)18(25)12-8-13(20)10-14(21)9-12/h2-3,8-11H,4-7H2,1H3. The Bertz CT molecular complexity index is 1180. The SMILES string of the molecule is CS(=O)(=O)c1ccc2nc(N3CCN(C(=O)c4cc(Cl)cc(Cl)c4)CC3)sc2c1. The molecule has 0 spiro atoms. The zero-order valence-corrected chi connectivity index (χ0v) is 18.6. The third-order valence-electron chi connectivity index (χ3n) is 4.72. The molecular weight excluding hydrogens is 453 g/mol. The summed E-state index contributed by atoms with van der Waals surface area (Å²) in [5.41, 5.74) is 1.24. The molecule has 29 heavy (non-hydrogen) atoms. The number of thiazole rings is 1. The topological polar surface area (TPSA) is 70.6 Å². The molecule has 3 aromatic rings. The van der Waals surface area contributed by atoms with Crippen molar-refractivity contribution in [2.75, 3.05) is 37.3 Å². The summed E-state index contributed by atoms with van der Waals surface area (Å²) in [7, 11) is -3.26. The third kappa shape index (κ3) is 4.35. The van der Waals surface area contributed by atoms with E-state index in [1.807, 2.05) is 0 Å². The summed E-state index contributed by atoms with van der Waals surface area (Å²) in [4.78, 5) is 21.5. The lowest BCUT2D eigenvalue weighted by atomic mass is 10.2. The van der Waals surface area contributed by atoms with E-state index in [9.17, 15) is 13.2 Å². The van der Waals surface area contributed by atoms with Crippen molar-refractivity contribution >= 4 is 65.6 Å². The van der Waals surface area contributed by atoms with Crippen molar-refractivity contribution in [1.82, 2.24) is 9.88 Å². The second-order valence-corrected chi connectivity index (χ2v) is 10.7. The van der Waals surface area contributed by atoms with Crippen molar-refractivity contribution in [2.45, 2.75) is 4.90 Å². The van der Waals surface area contributed by atoms with Crippen LogP contribution < -0.4 is 4.90 Å². The molecule has 0 saturated carbocycles. The monoisotopic (exact) mass is 469 g/mol. The molecule has 152 valence electrons. The Labute approximate surface area is 182 Å². The third-order valence-corrected chi connectivity index (χ3v) is 7.35. The number of aromatic nitrogens is 1. The molecule has 1 aromatic heterocycles. The maximum Gasteiger partial charge on any atom is 0.254 e.